The van der Waals surface area contributed by atoms with Crippen LogP contribution in [0.1, 0.15) is 19.8 Å². The molecule has 0 rings (SSSR count). The highest BCUT2D eigenvalue weighted by Crippen LogP contribution is 2.05. The summed E-state index contributed by atoms with van der Waals surface area (Å²) in [6, 6.07) is -0.798. The van der Waals surface area contributed by atoms with E-state index < -0.39 is 12.0 Å². The van der Waals surface area contributed by atoms with Crippen LogP contribution in [0.3, 0.4) is 0 Å². The van der Waals surface area contributed by atoms with E-state index in [1.54, 1.807) is 18.9 Å². The van der Waals surface area contributed by atoms with Crippen molar-refractivity contribution in [2.24, 2.45) is 0 Å². The van der Waals surface area contributed by atoms with E-state index in [4.69, 9.17) is 14.6 Å². The van der Waals surface area contributed by atoms with Crippen LogP contribution < -0.4 is 5.32 Å². The Labute approximate surface area is 118 Å². The lowest BCUT2D eigenvalue weighted by Crippen LogP contribution is -2.39. The van der Waals surface area contributed by atoms with E-state index in [9.17, 15) is 9.59 Å². The molecule has 0 radical (unpaired) electrons. The zero-order valence-corrected chi connectivity index (χ0v) is 12.3. The van der Waals surface area contributed by atoms with Gasteiger partial charge in [0.25, 0.3) is 0 Å². The van der Waals surface area contributed by atoms with Crippen molar-refractivity contribution in [3.8, 4) is 0 Å². The number of thioether (sulfide) groups is 1. The molecule has 7 heteroatoms. The van der Waals surface area contributed by atoms with E-state index in [1.165, 1.54) is 6.92 Å². The predicted molar refractivity (Wildman–Crippen MR) is 74.5 cm³/mol. The van der Waals surface area contributed by atoms with Gasteiger partial charge in [0, 0.05) is 33.0 Å². The van der Waals surface area contributed by atoms with Crippen molar-refractivity contribution in [1.82, 2.24) is 5.32 Å². The number of amides is 1. The lowest BCUT2D eigenvalue weighted by atomic mass is 10.2. The summed E-state index contributed by atoms with van der Waals surface area (Å²) in [5.41, 5.74) is 0. The minimum atomic E-state index is -0.994. The van der Waals surface area contributed by atoms with Gasteiger partial charge in [0.15, 0.2) is 0 Å². The summed E-state index contributed by atoms with van der Waals surface area (Å²) in [6.45, 7) is 3.34. The van der Waals surface area contributed by atoms with Gasteiger partial charge in [-0.1, -0.05) is 0 Å². The summed E-state index contributed by atoms with van der Waals surface area (Å²) >= 11 is 1.62. The first-order chi connectivity index (χ1) is 9.07. The van der Waals surface area contributed by atoms with E-state index in [1.807, 2.05) is 0 Å². The zero-order valence-electron chi connectivity index (χ0n) is 11.5. The standard InChI is InChI=1S/C12H23NO5S/c1-10(14)13-11(12(15)16)4-8-19-9-7-18-6-3-5-17-2/h11H,3-9H2,1-2H3,(H,13,14)(H,15,16). The first kappa shape index (κ1) is 18.2. The molecular formula is C12H23NO5S. The van der Waals surface area contributed by atoms with Crippen LogP contribution in [0.5, 0.6) is 0 Å². The Balaban J connectivity index is 3.45. The number of ether oxygens (including phenoxy) is 2. The fourth-order valence-corrected chi connectivity index (χ4v) is 2.17. The third-order valence-electron chi connectivity index (χ3n) is 2.24. The second-order valence-electron chi connectivity index (χ2n) is 3.95. The molecular weight excluding hydrogens is 270 g/mol. The molecule has 6 nitrogen and oxygen atoms in total. The van der Waals surface area contributed by atoms with Gasteiger partial charge < -0.3 is 19.9 Å². The molecule has 1 unspecified atom stereocenters. The van der Waals surface area contributed by atoms with E-state index >= 15 is 0 Å². The van der Waals surface area contributed by atoms with Crippen molar-refractivity contribution in [3.63, 3.8) is 0 Å². The van der Waals surface area contributed by atoms with Crippen LogP contribution in [-0.2, 0) is 19.1 Å². The second-order valence-corrected chi connectivity index (χ2v) is 5.18. The first-order valence-electron chi connectivity index (χ1n) is 6.22. The Morgan fingerprint density at radius 1 is 1.26 bits per heavy atom. The quantitative estimate of drug-likeness (QED) is 0.517. The van der Waals surface area contributed by atoms with Crippen LogP contribution in [0.25, 0.3) is 0 Å². The Bertz CT molecular complexity index is 263. The lowest BCUT2D eigenvalue weighted by molar-refractivity contribution is -0.141. The third-order valence-corrected chi connectivity index (χ3v) is 3.22. The smallest absolute Gasteiger partial charge is 0.326 e. The summed E-state index contributed by atoms with van der Waals surface area (Å²) in [4.78, 5) is 21.6. The van der Waals surface area contributed by atoms with Crippen molar-refractivity contribution in [2.45, 2.75) is 25.8 Å². The molecule has 0 aromatic rings. The SMILES string of the molecule is COCCCOCCSCCC(NC(C)=O)C(=O)O. The van der Waals surface area contributed by atoms with Crippen LogP contribution in [0.15, 0.2) is 0 Å². The second kappa shape index (κ2) is 12.3. The van der Waals surface area contributed by atoms with Crippen molar-refractivity contribution in [3.05, 3.63) is 0 Å². The number of carbonyl (C=O) groups excluding carboxylic acids is 1. The molecule has 0 spiro atoms. The molecule has 2 N–H and O–H groups in total. The number of hydrogen-bond donors (Lipinski definition) is 2. The average Bonchev–Trinajstić information content (AvgIpc) is 2.34. The molecule has 0 fully saturated rings. The molecule has 0 saturated carbocycles. The number of hydrogen-bond acceptors (Lipinski definition) is 5. The fourth-order valence-electron chi connectivity index (χ4n) is 1.33. The Kier molecular flexibility index (Phi) is 11.7. The van der Waals surface area contributed by atoms with Crippen molar-refractivity contribution < 1.29 is 24.2 Å². The van der Waals surface area contributed by atoms with Gasteiger partial charge in [0.1, 0.15) is 6.04 Å². The third kappa shape index (κ3) is 12.0. The van der Waals surface area contributed by atoms with Crippen molar-refractivity contribution in [1.29, 1.82) is 0 Å². The Morgan fingerprint density at radius 2 is 2.00 bits per heavy atom. The van der Waals surface area contributed by atoms with Gasteiger partial charge in [-0.3, -0.25) is 4.79 Å². The maximum absolute atomic E-state index is 10.8. The van der Waals surface area contributed by atoms with Gasteiger partial charge in [-0.2, -0.15) is 11.8 Å². The normalized spacial score (nSPS) is 12.1. The summed E-state index contributed by atoms with van der Waals surface area (Å²) in [6.07, 6.45) is 1.30. The number of carboxylic acid groups (broad SMARTS) is 1. The van der Waals surface area contributed by atoms with E-state index in [0.29, 0.717) is 32.0 Å². The topological polar surface area (TPSA) is 84.9 Å². The Morgan fingerprint density at radius 3 is 2.58 bits per heavy atom. The highest BCUT2D eigenvalue weighted by atomic mass is 32.2. The summed E-state index contributed by atoms with van der Waals surface area (Å²) in [5, 5.41) is 11.3. The van der Waals surface area contributed by atoms with Gasteiger partial charge in [-0.15, -0.1) is 0 Å². The van der Waals surface area contributed by atoms with Gasteiger partial charge in [0.05, 0.1) is 6.61 Å². The molecule has 1 amide bonds. The number of carbonyl (C=O) groups is 2. The average molecular weight is 293 g/mol. The highest BCUT2D eigenvalue weighted by molar-refractivity contribution is 7.99. The van der Waals surface area contributed by atoms with E-state index in [2.05, 4.69) is 5.32 Å². The van der Waals surface area contributed by atoms with Gasteiger partial charge in [-0.05, 0) is 18.6 Å². The predicted octanol–water partition coefficient (Wildman–Crippen LogP) is 0.752. The van der Waals surface area contributed by atoms with E-state index in [0.717, 1.165) is 12.2 Å². The molecule has 0 aliphatic carbocycles. The number of methoxy groups -OCH3 is 1. The maximum Gasteiger partial charge on any atom is 0.326 e. The molecule has 0 aromatic carbocycles. The van der Waals surface area contributed by atoms with Crippen LogP contribution in [0, 0.1) is 0 Å². The fraction of sp³-hybridized carbons (Fsp3) is 0.833. The van der Waals surface area contributed by atoms with Crippen LogP contribution in [0.4, 0.5) is 0 Å². The molecule has 0 aromatic heterocycles. The molecule has 0 heterocycles. The largest absolute Gasteiger partial charge is 0.480 e. The minimum absolute atomic E-state index is 0.320. The lowest BCUT2D eigenvalue weighted by Gasteiger charge is -2.12. The van der Waals surface area contributed by atoms with Crippen LogP contribution >= 0.6 is 11.8 Å². The first-order valence-corrected chi connectivity index (χ1v) is 7.37. The number of carboxylic acids is 1. The van der Waals surface area contributed by atoms with Gasteiger partial charge >= 0.3 is 5.97 Å². The maximum atomic E-state index is 10.8. The monoisotopic (exact) mass is 293 g/mol. The van der Waals surface area contributed by atoms with Crippen molar-refractivity contribution >= 4 is 23.6 Å². The van der Waals surface area contributed by atoms with Gasteiger partial charge in [0.2, 0.25) is 5.91 Å². The summed E-state index contributed by atoms with van der Waals surface area (Å²) in [5.74, 6) is 0.184. The zero-order chi connectivity index (χ0) is 14.5. The molecule has 0 aliphatic heterocycles. The van der Waals surface area contributed by atoms with Crippen LogP contribution in [-0.4, -0.2) is 61.5 Å². The van der Waals surface area contributed by atoms with Crippen molar-refractivity contribution in [2.75, 3.05) is 38.4 Å². The number of rotatable bonds is 12. The highest BCUT2D eigenvalue weighted by Gasteiger charge is 2.17. The Hall–Kier alpha value is -0.790. The summed E-state index contributed by atoms with van der Waals surface area (Å²) in [7, 11) is 1.66. The van der Waals surface area contributed by atoms with Gasteiger partial charge in [-0.25, -0.2) is 4.79 Å². The minimum Gasteiger partial charge on any atom is -0.480 e. The van der Waals surface area contributed by atoms with E-state index in [-0.39, 0.29) is 5.91 Å². The summed E-state index contributed by atoms with van der Waals surface area (Å²) < 4.78 is 10.3. The molecule has 0 aliphatic rings. The number of nitrogens with one attached hydrogen (secondary N) is 1. The van der Waals surface area contributed by atoms with Crippen LogP contribution in [0.2, 0.25) is 0 Å². The molecule has 1 atom stereocenters. The molecule has 0 bridgehead atoms. The molecule has 19 heavy (non-hydrogen) atoms. The number of aliphatic carboxylic acids is 1. The molecule has 0 saturated heterocycles. The molecule has 112 valence electrons.